The number of amides is 1. The Bertz CT molecular complexity index is 1230. The topological polar surface area (TPSA) is 116 Å². The predicted molar refractivity (Wildman–Crippen MR) is 134 cm³/mol. The van der Waals surface area contributed by atoms with Crippen LogP contribution in [0, 0.1) is 6.92 Å². The molecule has 3 aromatic rings. The second-order valence-electron chi connectivity index (χ2n) is 8.36. The molecule has 1 aliphatic heterocycles. The Morgan fingerprint density at radius 3 is 2.43 bits per heavy atom. The molecule has 8 nitrogen and oxygen atoms in total. The first kappa shape index (κ1) is 24.3. The fourth-order valence-corrected chi connectivity index (χ4v) is 5.29. The zero-order valence-corrected chi connectivity index (χ0v) is 20.0. The molecule has 0 atom stereocenters. The van der Waals surface area contributed by atoms with Crippen molar-refractivity contribution >= 4 is 34.9 Å². The maximum atomic E-state index is 12.7. The lowest BCUT2D eigenvalue weighted by Crippen LogP contribution is -2.42. The summed E-state index contributed by atoms with van der Waals surface area (Å²) >= 11 is 1.07. The number of aliphatic carboxylic acids is 1. The van der Waals surface area contributed by atoms with Gasteiger partial charge in [0, 0.05) is 40.8 Å². The van der Waals surface area contributed by atoms with E-state index in [4.69, 9.17) is 9.84 Å². The standard InChI is InChI=1S/C26H26N2O6S/c1-16-22(34-15-21(29)30)24(26(32)33)35-23(16)18-8-5-9-20(14-18)27-19-10-12-28(13-11-19)25(31)17-6-3-2-4-7-17/h2-9,14,19,27H,10-13,15H2,1H3,(H,29,30)(H,32,33). The van der Waals surface area contributed by atoms with Gasteiger partial charge in [-0.25, -0.2) is 9.59 Å². The summed E-state index contributed by atoms with van der Waals surface area (Å²) < 4.78 is 5.29. The van der Waals surface area contributed by atoms with Crippen LogP contribution in [-0.4, -0.2) is 58.7 Å². The van der Waals surface area contributed by atoms with E-state index in [1.54, 1.807) is 6.92 Å². The Balaban J connectivity index is 1.45. The molecule has 0 bridgehead atoms. The van der Waals surface area contributed by atoms with Crippen molar-refractivity contribution in [1.82, 2.24) is 4.90 Å². The second kappa shape index (κ2) is 10.6. The molecule has 35 heavy (non-hydrogen) atoms. The van der Waals surface area contributed by atoms with Crippen LogP contribution in [0.15, 0.2) is 54.6 Å². The van der Waals surface area contributed by atoms with Gasteiger partial charge in [0.15, 0.2) is 11.5 Å². The predicted octanol–water partition coefficient (Wildman–Crippen LogP) is 4.60. The normalized spacial score (nSPS) is 13.9. The lowest BCUT2D eigenvalue weighted by atomic mass is 10.0. The van der Waals surface area contributed by atoms with Crippen LogP contribution in [0.1, 0.15) is 38.4 Å². The minimum absolute atomic E-state index is 0.0208. The first-order valence-electron chi connectivity index (χ1n) is 11.3. The van der Waals surface area contributed by atoms with Gasteiger partial charge in [0.1, 0.15) is 5.75 Å². The summed E-state index contributed by atoms with van der Waals surface area (Å²) in [7, 11) is 0. The Morgan fingerprint density at radius 1 is 1.06 bits per heavy atom. The first-order valence-corrected chi connectivity index (χ1v) is 12.1. The fourth-order valence-electron chi connectivity index (χ4n) is 4.20. The van der Waals surface area contributed by atoms with E-state index in [1.807, 2.05) is 59.5 Å². The molecule has 0 spiro atoms. The van der Waals surface area contributed by atoms with Crippen molar-refractivity contribution in [2.24, 2.45) is 0 Å². The van der Waals surface area contributed by atoms with Crippen molar-refractivity contribution in [2.45, 2.75) is 25.8 Å². The van der Waals surface area contributed by atoms with E-state index in [9.17, 15) is 19.5 Å². The van der Waals surface area contributed by atoms with E-state index in [0.29, 0.717) is 24.2 Å². The van der Waals surface area contributed by atoms with Crippen LogP contribution in [0.3, 0.4) is 0 Å². The molecular formula is C26H26N2O6S. The summed E-state index contributed by atoms with van der Waals surface area (Å²) in [5.41, 5.74) is 3.01. The monoisotopic (exact) mass is 494 g/mol. The highest BCUT2D eigenvalue weighted by molar-refractivity contribution is 7.18. The van der Waals surface area contributed by atoms with Gasteiger partial charge < -0.3 is 25.2 Å². The number of thiophene rings is 1. The number of rotatable bonds is 8. The van der Waals surface area contributed by atoms with E-state index in [-0.39, 0.29) is 22.6 Å². The van der Waals surface area contributed by atoms with E-state index >= 15 is 0 Å². The molecule has 0 saturated carbocycles. The first-order chi connectivity index (χ1) is 16.8. The van der Waals surface area contributed by atoms with Crippen LogP contribution in [-0.2, 0) is 4.79 Å². The third-order valence-electron chi connectivity index (χ3n) is 5.92. The summed E-state index contributed by atoms with van der Waals surface area (Å²) in [5, 5.41) is 22.0. The van der Waals surface area contributed by atoms with Crippen LogP contribution >= 0.6 is 11.3 Å². The average molecular weight is 495 g/mol. The molecule has 3 N–H and O–H groups in total. The van der Waals surface area contributed by atoms with Gasteiger partial charge in [0.2, 0.25) is 0 Å². The number of carbonyl (C=O) groups is 3. The molecule has 0 unspecified atom stereocenters. The number of carboxylic acid groups (broad SMARTS) is 2. The Morgan fingerprint density at radius 2 is 1.77 bits per heavy atom. The number of carbonyl (C=O) groups excluding carboxylic acids is 1. The van der Waals surface area contributed by atoms with Crippen LogP contribution in [0.2, 0.25) is 0 Å². The number of carboxylic acids is 2. The van der Waals surface area contributed by atoms with Gasteiger partial charge in [-0.2, -0.15) is 0 Å². The summed E-state index contributed by atoms with van der Waals surface area (Å²) in [6.07, 6.45) is 1.63. The van der Waals surface area contributed by atoms with E-state index in [1.165, 1.54) is 0 Å². The van der Waals surface area contributed by atoms with Gasteiger partial charge in [0.05, 0.1) is 0 Å². The number of hydrogen-bond donors (Lipinski definition) is 3. The molecule has 9 heteroatoms. The number of nitrogens with zero attached hydrogens (tertiary/aromatic N) is 1. The van der Waals surface area contributed by atoms with Gasteiger partial charge in [0.25, 0.3) is 5.91 Å². The Kier molecular flexibility index (Phi) is 7.36. The third kappa shape index (κ3) is 5.63. The number of nitrogens with one attached hydrogen (secondary N) is 1. The number of likely N-dealkylation sites (tertiary alicyclic amines) is 1. The molecule has 0 radical (unpaired) electrons. The minimum atomic E-state index is -1.17. The maximum Gasteiger partial charge on any atom is 0.349 e. The molecular weight excluding hydrogens is 468 g/mol. The van der Waals surface area contributed by atoms with Crippen molar-refractivity contribution in [2.75, 3.05) is 25.0 Å². The Labute approximate surface area is 206 Å². The van der Waals surface area contributed by atoms with Gasteiger partial charge >= 0.3 is 11.9 Å². The zero-order valence-electron chi connectivity index (χ0n) is 19.2. The van der Waals surface area contributed by atoms with Gasteiger partial charge in [-0.3, -0.25) is 4.79 Å². The Hall–Kier alpha value is -3.85. The number of piperidine rings is 1. The average Bonchev–Trinajstić information content (AvgIpc) is 3.20. The SMILES string of the molecule is Cc1c(-c2cccc(NC3CCN(C(=O)c4ccccc4)CC3)c2)sc(C(=O)O)c1OCC(=O)O. The largest absolute Gasteiger partial charge is 0.480 e. The van der Waals surface area contributed by atoms with Crippen molar-refractivity contribution < 1.29 is 29.3 Å². The van der Waals surface area contributed by atoms with Crippen molar-refractivity contribution in [3.63, 3.8) is 0 Å². The molecule has 4 rings (SSSR count). The molecule has 1 aliphatic rings. The van der Waals surface area contributed by atoms with Crippen molar-refractivity contribution in [3.05, 3.63) is 70.6 Å². The number of hydrogen-bond acceptors (Lipinski definition) is 6. The smallest absolute Gasteiger partial charge is 0.349 e. The van der Waals surface area contributed by atoms with Crippen molar-refractivity contribution in [1.29, 1.82) is 0 Å². The number of aromatic carboxylic acids is 1. The molecule has 2 aromatic carbocycles. The molecule has 182 valence electrons. The fraction of sp³-hybridized carbons (Fsp3) is 0.269. The minimum Gasteiger partial charge on any atom is -0.480 e. The summed E-state index contributed by atoms with van der Waals surface area (Å²) in [4.78, 5) is 37.9. The van der Waals surface area contributed by atoms with E-state index in [0.717, 1.165) is 40.3 Å². The molecule has 1 saturated heterocycles. The van der Waals surface area contributed by atoms with Gasteiger partial charge in [-0.1, -0.05) is 30.3 Å². The zero-order chi connectivity index (χ0) is 24.9. The van der Waals surface area contributed by atoms with Crippen molar-refractivity contribution in [3.8, 4) is 16.2 Å². The molecule has 1 fully saturated rings. The molecule has 0 aliphatic carbocycles. The quantitative estimate of drug-likeness (QED) is 0.419. The van der Waals surface area contributed by atoms with E-state index < -0.39 is 18.5 Å². The number of benzene rings is 2. The maximum absolute atomic E-state index is 12.7. The molecule has 2 heterocycles. The number of ether oxygens (including phenoxy) is 1. The molecule has 1 amide bonds. The highest BCUT2D eigenvalue weighted by Gasteiger charge is 2.25. The number of anilines is 1. The lowest BCUT2D eigenvalue weighted by molar-refractivity contribution is -0.139. The second-order valence-corrected chi connectivity index (χ2v) is 9.38. The van der Waals surface area contributed by atoms with E-state index in [2.05, 4.69) is 5.32 Å². The lowest BCUT2D eigenvalue weighted by Gasteiger charge is -2.33. The van der Waals surface area contributed by atoms with Gasteiger partial charge in [-0.15, -0.1) is 11.3 Å². The highest BCUT2D eigenvalue weighted by Crippen LogP contribution is 2.42. The highest BCUT2D eigenvalue weighted by atomic mass is 32.1. The van der Waals surface area contributed by atoms with Crippen LogP contribution < -0.4 is 10.1 Å². The van der Waals surface area contributed by atoms with Crippen LogP contribution in [0.5, 0.6) is 5.75 Å². The summed E-state index contributed by atoms with van der Waals surface area (Å²) in [5.74, 6) is -2.19. The summed E-state index contributed by atoms with van der Waals surface area (Å²) in [6, 6.07) is 17.2. The summed E-state index contributed by atoms with van der Waals surface area (Å²) in [6.45, 7) is 2.46. The van der Waals surface area contributed by atoms with Crippen LogP contribution in [0.25, 0.3) is 10.4 Å². The molecule has 1 aromatic heterocycles. The van der Waals surface area contributed by atoms with Crippen LogP contribution in [0.4, 0.5) is 5.69 Å². The third-order valence-corrected chi connectivity index (χ3v) is 7.23. The van der Waals surface area contributed by atoms with Gasteiger partial charge in [-0.05, 0) is 49.6 Å².